The van der Waals surface area contributed by atoms with Crippen LogP contribution in [0.15, 0.2) is 29.6 Å². The van der Waals surface area contributed by atoms with Crippen molar-refractivity contribution in [1.29, 1.82) is 0 Å². The van der Waals surface area contributed by atoms with Crippen LogP contribution in [0, 0.1) is 6.92 Å². The molecule has 2 aromatic heterocycles. The number of aromatic nitrogens is 1. The number of carbonyl (C=O) groups is 2. The van der Waals surface area contributed by atoms with Gasteiger partial charge in [0.15, 0.2) is 0 Å². The Hall–Kier alpha value is -2.21. The maximum atomic E-state index is 12.7. The van der Waals surface area contributed by atoms with E-state index < -0.39 is 5.97 Å². The van der Waals surface area contributed by atoms with Gasteiger partial charge in [0.25, 0.3) is 5.91 Å². The highest BCUT2D eigenvalue weighted by Gasteiger charge is 2.34. The molecule has 1 amide bonds. The lowest BCUT2D eigenvalue weighted by Crippen LogP contribution is -2.33. The number of hydrogen-bond donors (Lipinski definition) is 1. The Labute approximate surface area is 132 Å². The molecule has 5 nitrogen and oxygen atoms in total. The van der Waals surface area contributed by atoms with Crippen molar-refractivity contribution >= 4 is 23.2 Å². The van der Waals surface area contributed by atoms with Gasteiger partial charge < -0.3 is 10.0 Å². The average molecular weight is 316 g/mol. The molecule has 1 aliphatic rings. The first-order valence-electron chi connectivity index (χ1n) is 7.10. The largest absolute Gasteiger partial charge is 0.478 e. The van der Waals surface area contributed by atoms with Gasteiger partial charge in [0.1, 0.15) is 5.69 Å². The molecule has 0 unspecified atom stereocenters. The molecule has 0 atom stereocenters. The molecule has 2 heterocycles. The molecule has 0 aromatic carbocycles. The van der Waals surface area contributed by atoms with Crippen molar-refractivity contribution in [2.24, 2.45) is 0 Å². The fraction of sp³-hybridized carbons (Fsp3) is 0.312. The van der Waals surface area contributed by atoms with E-state index in [4.69, 9.17) is 5.11 Å². The maximum Gasteiger partial charge on any atom is 0.337 e. The molecule has 0 spiro atoms. The number of pyridine rings is 1. The fourth-order valence-electron chi connectivity index (χ4n) is 2.38. The van der Waals surface area contributed by atoms with E-state index in [2.05, 4.69) is 4.98 Å². The van der Waals surface area contributed by atoms with Gasteiger partial charge in [0, 0.05) is 10.9 Å². The van der Waals surface area contributed by atoms with Crippen LogP contribution in [0.25, 0.3) is 0 Å². The highest BCUT2D eigenvalue weighted by Crippen LogP contribution is 2.30. The van der Waals surface area contributed by atoms with Gasteiger partial charge in [-0.15, -0.1) is 11.3 Å². The minimum Gasteiger partial charge on any atom is -0.478 e. The van der Waals surface area contributed by atoms with Crippen molar-refractivity contribution in [3.8, 4) is 0 Å². The Kier molecular flexibility index (Phi) is 3.94. The third-order valence-corrected chi connectivity index (χ3v) is 4.55. The third kappa shape index (κ3) is 3.01. The molecular formula is C16H16N2O3S. The average Bonchev–Trinajstić information content (AvgIpc) is 3.20. The first-order chi connectivity index (χ1) is 10.6. The summed E-state index contributed by atoms with van der Waals surface area (Å²) in [5.74, 6) is -1.16. The number of carboxylic acids is 1. The summed E-state index contributed by atoms with van der Waals surface area (Å²) in [6, 6.07) is 7.21. The Balaban J connectivity index is 1.84. The second-order valence-corrected chi connectivity index (χ2v) is 6.41. The van der Waals surface area contributed by atoms with Crippen molar-refractivity contribution in [2.45, 2.75) is 32.4 Å². The minimum absolute atomic E-state index is 0.129. The van der Waals surface area contributed by atoms with E-state index in [0.29, 0.717) is 17.9 Å². The van der Waals surface area contributed by atoms with Crippen molar-refractivity contribution in [3.05, 3.63) is 51.5 Å². The van der Waals surface area contributed by atoms with Crippen molar-refractivity contribution < 1.29 is 14.7 Å². The number of hydrogen-bond acceptors (Lipinski definition) is 4. The molecule has 1 saturated carbocycles. The predicted molar refractivity (Wildman–Crippen MR) is 83.1 cm³/mol. The minimum atomic E-state index is -1.03. The molecule has 0 bridgehead atoms. The number of carbonyl (C=O) groups excluding carboxylic acids is 1. The summed E-state index contributed by atoms with van der Waals surface area (Å²) in [5, 5.41) is 11.0. The SMILES string of the molecule is Cc1nc(C(=O)N(Cc2cccs2)C2CC2)ccc1C(=O)O. The molecule has 22 heavy (non-hydrogen) atoms. The number of amides is 1. The molecule has 0 aliphatic heterocycles. The zero-order valence-electron chi connectivity index (χ0n) is 12.2. The van der Waals surface area contributed by atoms with E-state index in [1.54, 1.807) is 18.3 Å². The van der Waals surface area contributed by atoms with E-state index in [9.17, 15) is 9.59 Å². The summed E-state index contributed by atoms with van der Waals surface area (Å²) in [4.78, 5) is 30.9. The summed E-state index contributed by atoms with van der Waals surface area (Å²) in [5.41, 5.74) is 0.809. The summed E-state index contributed by atoms with van der Waals surface area (Å²) in [7, 11) is 0. The highest BCUT2D eigenvalue weighted by atomic mass is 32.1. The van der Waals surface area contributed by atoms with Gasteiger partial charge in [-0.1, -0.05) is 6.07 Å². The molecule has 0 radical (unpaired) electrons. The third-order valence-electron chi connectivity index (χ3n) is 3.69. The smallest absolute Gasteiger partial charge is 0.337 e. The van der Waals surface area contributed by atoms with Gasteiger partial charge in [-0.05, 0) is 43.3 Å². The van der Waals surface area contributed by atoms with E-state index >= 15 is 0 Å². The van der Waals surface area contributed by atoms with E-state index in [-0.39, 0.29) is 17.5 Å². The number of aromatic carboxylic acids is 1. The van der Waals surface area contributed by atoms with Gasteiger partial charge in [-0.3, -0.25) is 4.79 Å². The number of carboxylic acid groups (broad SMARTS) is 1. The van der Waals surface area contributed by atoms with Gasteiger partial charge in [-0.2, -0.15) is 0 Å². The topological polar surface area (TPSA) is 70.5 Å². The lowest BCUT2D eigenvalue weighted by atomic mass is 10.1. The molecule has 3 rings (SSSR count). The van der Waals surface area contributed by atoms with Crippen LogP contribution < -0.4 is 0 Å². The van der Waals surface area contributed by atoms with E-state index in [0.717, 1.165) is 17.7 Å². The van der Waals surface area contributed by atoms with Crippen molar-refractivity contribution in [3.63, 3.8) is 0 Å². The second kappa shape index (κ2) is 5.88. The summed E-state index contributed by atoms with van der Waals surface area (Å²) in [6.45, 7) is 2.20. The number of thiophene rings is 1. The van der Waals surface area contributed by atoms with Crippen LogP contribution in [0.4, 0.5) is 0 Å². The lowest BCUT2D eigenvalue weighted by molar-refractivity contribution is 0.0688. The predicted octanol–water partition coefficient (Wildman–Crippen LogP) is 2.95. The number of rotatable bonds is 5. The monoisotopic (exact) mass is 316 g/mol. The molecule has 2 aromatic rings. The van der Waals surface area contributed by atoms with Crippen LogP contribution in [0.5, 0.6) is 0 Å². The normalized spacial score (nSPS) is 13.9. The molecule has 1 N–H and O–H groups in total. The summed E-state index contributed by atoms with van der Waals surface area (Å²) in [6.07, 6.45) is 2.03. The van der Waals surface area contributed by atoms with E-state index in [1.165, 1.54) is 12.1 Å². The summed E-state index contributed by atoms with van der Waals surface area (Å²) < 4.78 is 0. The van der Waals surface area contributed by atoms with Gasteiger partial charge in [0.2, 0.25) is 0 Å². The van der Waals surface area contributed by atoms with Crippen LogP contribution in [0.2, 0.25) is 0 Å². The molecule has 114 valence electrons. The first-order valence-corrected chi connectivity index (χ1v) is 7.98. The van der Waals surface area contributed by atoms with Crippen LogP contribution >= 0.6 is 11.3 Å². The Morgan fingerprint density at radius 1 is 1.36 bits per heavy atom. The molecule has 0 saturated heterocycles. The van der Waals surface area contributed by atoms with Gasteiger partial charge >= 0.3 is 5.97 Å². The quantitative estimate of drug-likeness (QED) is 0.920. The van der Waals surface area contributed by atoms with Crippen molar-refractivity contribution in [1.82, 2.24) is 9.88 Å². The highest BCUT2D eigenvalue weighted by molar-refractivity contribution is 7.09. The molecule has 6 heteroatoms. The van der Waals surface area contributed by atoms with E-state index in [1.807, 2.05) is 22.4 Å². The first kappa shape index (κ1) is 14.7. The summed E-state index contributed by atoms with van der Waals surface area (Å²) >= 11 is 1.63. The van der Waals surface area contributed by atoms with Gasteiger partial charge in [-0.25, -0.2) is 9.78 Å². The van der Waals surface area contributed by atoms with Crippen LogP contribution in [0.1, 0.15) is 44.3 Å². The molecule has 1 aliphatic carbocycles. The van der Waals surface area contributed by atoms with Crippen LogP contribution in [-0.4, -0.2) is 32.9 Å². The molecular weight excluding hydrogens is 300 g/mol. The maximum absolute atomic E-state index is 12.7. The Bertz CT molecular complexity index is 708. The number of nitrogens with zero attached hydrogens (tertiary/aromatic N) is 2. The van der Waals surface area contributed by atoms with Crippen molar-refractivity contribution in [2.75, 3.05) is 0 Å². The number of aryl methyl sites for hydroxylation is 1. The zero-order chi connectivity index (χ0) is 15.7. The standard InChI is InChI=1S/C16H16N2O3S/c1-10-13(16(20)21)6-7-14(17-10)15(19)18(11-4-5-11)9-12-3-2-8-22-12/h2-3,6-8,11H,4-5,9H2,1H3,(H,20,21). The fourth-order valence-corrected chi connectivity index (χ4v) is 3.08. The second-order valence-electron chi connectivity index (χ2n) is 5.38. The van der Waals surface area contributed by atoms with Crippen LogP contribution in [0.3, 0.4) is 0 Å². The zero-order valence-corrected chi connectivity index (χ0v) is 13.0. The van der Waals surface area contributed by atoms with Gasteiger partial charge in [0.05, 0.1) is 17.8 Å². The van der Waals surface area contributed by atoms with Crippen LogP contribution in [-0.2, 0) is 6.54 Å². The lowest BCUT2D eigenvalue weighted by Gasteiger charge is -2.21. The Morgan fingerprint density at radius 2 is 2.14 bits per heavy atom. The molecule has 1 fully saturated rings. The Morgan fingerprint density at radius 3 is 2.68 bits per heavy atom.